The third kappa shape index (κ3) is 1.35. The minimum atomic E-state index is 0.206. The molecule has 1 radical (unpaired) electrons. The van der Waals surface area contributed by atoms with Gasteiger partial charge in [0.15, 0.2) is 0 Å². The Morgan fingerprint density at radius 1 is 1.64 bits per heavy atom. The summed E-state index contributed by atoms with van der Waals surface area (Å²) in [6.45, 7) is 4.42. The molecule has 0 aromatic carbocycles. The molecule has 2 fully saturated rings. The highest BCUT2D eigenvalue weighted by molar-refractivity contribution is 7.80. The lowest BCUT2D eigenvalue weighted by atomic mass is 9.47. The maximum atomic E-state index is 5.81. The summed E-state index contributed by atoms with van der Waals surface area (Å²) in [4.78, 5) is 2.13. The molecular weight excluding hydrogens is 193 g/mol. The normalized spacial score (nSPS) is 41.9. The summed E-state index contributed by atoms with van der Waals surface area (Å²) >= 11 is 5.20. The fourth-order valence-corrected chi connectivity index (χ4v) is 2.91. The summed E-state index contributed by atoms with van der Waals surface area (Å²) in [5.41, 5.74) is 0. The Morgan fingerprint density at radius 3 is 3.00 bits per heavy atom. The summed E-state index contributed by atoms with van der Waals surface area (Å²) < 4.78 is 5.81. The van der Waals surface area contributed by atoms with Crippen LogP contribution < -0.4 is 0 Å². The number of rotatable bonds is 1. The number of hydrogen-bond donors (Lipinski definition) is 0. The first-order valence-corrected chi connectivity index (χ1v) is 5.73. The molecule has 0 spiro atoms. The Hall–Kier alpha value is -0.245. The molecule has 1 heterocycles. The molecule has 0 aromatic heterocycles. The molecule has 4 heteroatoms. The first-order chi connectivity index (χ1) is 6.58. The quantitative estimate of drug-likeness (QED) is 0.485. The topological polar surface area (TPSA) is 12.5 Å². The molecule has 0 bridgehead atoms. The van der Waals surface area contributed by atoms with E-state index < -0.39 is 0 Å². The molecular formula is C10H17BNOS. The number of hydrogen-bond acceptors (Lipinski definition) is 2. The van der Waals surface area contributed by atoms with E-state index in [1.807, 2.05) is 0 Å². The maximum absolute atomic E-state index is 5.81. The van der Waals surface area contributed by atoms with Crippen molar-refractivity contribution in [1.82, 2.24) is 4.90 Å². The lowest BCUT2D eigenvalue weighted by Gasteiger charge is -2.41. The van der Waals surface area contributed by atoms with E-state index in [0.29, 0.717) is 11.2 Å². The number of thiocarbonyl (C=S) groups is 1. The van der Waals surface area contributed by atoms with Gasteiger partial charge in [0, 0.05) is 7.05 Å². The summed E-state index contributed by atoms with van der Waals surface area (Å²) in [5.74, 6) is 0. The molecule has 1 saturated carbocycles. The monoisotopic (exact) mass is 210 g/mol. The minimum absolute atomic E-state index is 0.206. The van der Waals surface area contributed by atoms with Crippen molar-refractivity contribution in [1.29, 1.82) is 0 Å². The van der Waals surface area contributed by atoms with Crippen molar-refractivity contribution < 1.29 is 4.74 Å². The highest BCUT2D eigenvalue weighted by Crippen LogP contribution is 2.47. The lowest BCUT2D eigenvalue weighted by Crippen LogP contribution is -2.44. The molecule has 0 amide bonds. The smallest absolute Gasteiger partial charge is 0.259 e. The number of ether oxygens (including phenoxy) is 1. The van der Waals surface area contributed by atoms with Crippen LogP contribution in [0.4, 0.5) is 0 Å². The van der Waals surface area contributed by atoms with E-state index in [2.05, 4.69) is 33.0 Å². The molecule has 77 valence electrons. The maximum Gasteiger partial charge on any atom is 0.259 e. The van der Waals surface area contributed by atoms with Crippen LogP contribution in [0.25, 0.3) is 0 Å². The Morgan fingerprint density at radius 2 is 2.36 bits per heavy atom. The summed E-state index contributed by atoms with van der Waals surface area (Å²) in [7, 11) is 4.33. The van der Waals surface area contributed by atoms with Crippen molar-refractivity contribution in [2.75, 3.05) is 7.05 Å². The third-order valence-electron chi connectivity index (χ3n) is 3.89. The lowest BCUT2D eigenvalue weighted by molar-refractivity contribution is 0.104. The minimum Gasteiger partial charge on any atom is -0.466 e. The molecule has 14 heavy (non-hydrogen) atoms. The van der Waals surface area contributed by atoms with Gasteiger partial charge in [0.05, 0.1) is 6.04 Å². The van der Waals surface area contributed by atoms with E-state index in [0.717, 1.165) is 0 Å². The van der Waals surface area contributed by atoms with E-state index in [1.165, 1.54) is 19.3 Å². The van der Waals surface area contributed by atoms with Gasteiger partial charge in [-0.05, 0) is 24.0 Å². The van der Waals surface area contributed by atoms with Crippen LogP contribution in [0.2, 0.25) is 12.1 Å². The van der Waals surface area contributed by atoms with Gasteiger partial charge in [-0.15, -0.1) is 0 Å². The first-order valence-electron chi connectivity index (χ1n) is 5.32. The van der Waals surface area contributed by atoms with Crippen LogP contribution in [0.5, 0.6) is 0 Å². The predicted octanol–water partition coefficient (Wildman–Crippen LogP) is 2.09. The van der Waals surface area contributed by atoms with Gasteiger partial charge >= 0.3 is 0 Å². The van der Waals surface area contributed by atoms with Crippen molar-refractivity contribution in [3.05, 3.63) is 0 Å². The van der Waals surface area contributed by atoms with Crippen molar-refractivity contribution in [3.63, 3.8) is 0 Å². The van der Waals surface area contributed by atoms with E-state index in [9.17, 15) is 0 Å². The standard InChI is InChI=1S/C10H17BNOS/c1-10(11-2)6-4-5-7-8(10)13-9(14)12(7)3/h7-8H,4-6H2,1-3H3. The van der Waals surface area contributed by atoms with Gasteiger partial charge < -0.3 is 9.64 Å². The van der Waals surface area contributed by atoms with Crippen molar-refractivity contribution in [2.45, 2.75) is 50.5 Å². The second-order valence-corrected chi connectivity index (χ2v) is 5.02. The summed E-state index contributed by atoms with van der Waals surface area (Å²) in [6, 6.07) is 0.498. The van der Waals surface area contributed by atoms with E-state index in [1.54, 1.807) is 0 Å². The van der Waals surface area contributed by atoms with Crippen LogP contribution in [0, 0.1) is 0 Å². The zero-order valence-electron chi connectivity index (χ0n) is 9.12. The van der Waals surface area contributed by atoms with Crippen LogP contribution in [0.3, 0.4) is 0 Å². The molecule has 0 aromatic rings. The zero-order valence-corrected chi connectivity index (χ0v) is 9.93. The molecule has 1 aliphatic carbocycles. The van der Waals surface area contributed by atoms with Crippen LogP contribution >= 0.6 is 12.2 Å². The Kier molecular flexibility index (Phi) is 2.50. The Balaban J connectivity index is 2.23. The molecule has 0 N–H and O–H groups in total. The number of nitrogens with zero attached hydrogens (tertiary/aromatic N) is 1. The van der Waals surface area contributed by atoms with Crippen LogP contribution in [-0.2, 0) is 4.74 Å². The van der Waals surface area contributed by atoms with E-state index in [4.69, 9.17) is 17.0 Å². The third-order valence-corrected chi connectivity index (χ3v) is 4.27. The van der Waals surface area contributed by atoms with Gasteiger partial charge in [0.1, 0.15) is 13.4 Å². The fraction of sp³-hybridized carbons (Fsp3) is 0.900. The highest BCUT2D eigenvalue weighted by atomic mass is 32.1. The molecule has 2 nitrogen and oxygen atoms in total. The molecule has 3 unspecified atom stereocenters. The van der Waals surface area contributed by atoms with Gasteiger partial charge in [-0.1, -0.05) is 26.6 Å². The summed E-state index contributed by atoms with van der Waals surface area (Å²) in [6.07, 6.45) is 3.99. The van der Waals surface area contributed by atoms with Gasteiger partial charge in [-0.3, -0.25) is 0 Å². The number of likely N-dealkylation sites (N-methyl/N-ethyl adjacent to an activating group) is 1. The second kappa shape index (κ2) is 3.40. The zero-order chi connectivity index (χ0) is 10.3. The highest BCUT2D eigenvalue weighted by Gasteiger charge is 2.49. The van der Waals surface area contributed by atoms with E-state index in [-0.39, 0.29) is 11.4 Å². The molecule has 2 rings (SSSR count). The van der Waals surface area contributed by atoms with Crippen LogP contribution in [0.1, 0.15) is 26.2 Å². The predicted molar refractivity (Wildman–Crippen MR) is 62.9 cm³/mol. The average molecular weight is 210 g/mol. The second-order valence-electron chi connectivity index (χ2n) is 4.67. The molecule has 2 aliphatic rings. The van der Waals surface area contributed by atoms with Gasteiger partial charge in [-0.25, -0.2) is 0 Å². The Bertz CT molecular complexity index is 261. The van der Waals surface area contributed by atoms with Crippen LogP contribution in [-0.4, -0.2) is 36.5 Å². The van der Waals surface area contributed by atoms with Crippen molar-refractivity contribution in [3.8, 4) is 0 Å². The van der Waals surface area contributed by atoms with Gasteiger partial charge in [0.25, 0.3) is 5.17 Å². The molecule has 3 atom stereocenters. The fourth-order valence-electron chi connectivity index (χ4n) is 2.67. The van der Waals surface area contributed by atoms with Crippen molar-refractivity contribution >= 4 is 24.7 Å². The average Bonchev–Trinajstić information content (AvgIpc) is 2.47. The molecule has 1 aliphatic heterocycles. The van der Waals surface area contributed by atoms with E-state index >= 15 is 0 Å². The van der Waals surface area contributed by atoms with Gasteiger partial charge in [0.2, 0.25) is 0 Å². The van der Waals surface area contributed by atoms with Gasteiger partial charge in [-0.2, -0.15) is 0 Å². The number of fused-ring (bicyclic) bond motifs is 1. The van der Waals surface area contributed by atoms with Crippen LogP contribution in [0.15, 0.2) is 0 Å². The largest absolute Gasteiger partial charge is 0.466 e. The SMILES string of the molecule is C[B]C1(C)CCCC2C1OC(=S)N2C. The first kappa shape index (κ1) is 10.3. The summed E-state index contributed by atoms with van der Waals surface area (Å²) in [5, 5.41) is 0.882. The Labute approximate surface area is 92.2 Å². The van der Waals surface area contributed by atoms with Crippen molar-refractivity contribution in [2.24, 2.45) is 0 Å². The molecule has 1 saturated heterocycles.